The van der Waals surface area contributed by atoms with Crippen LogP contribution >= 0.6 is 0 Å². The summed E-state index contributed by atoms with van der Waals surface area (Å²) >= 11 is 0. The zero-order valence-electron chi connectivity index (χ0n) is 14.1. The number of carbonyl (C=O) groups is 2. The van der Waals surface area contributed by atoms with Gasteiger partial charge in [0.15, 0.2) is 0 Å². The topological polar surface area (TPSA) is 59.8 Å². The predicted molar refractivity (Wildman–Crippen MR) is 89.7 cm³/mol. The lowest BCUT2D eigenvalue weighted by Gasteiger charge is -2.20. The van der Waals surface area contributed by atoms with Crippen molar-refractivity contribution >= 4 is 18.0 Å². The first-order chi connectivity index (χ1) is 11.2. The second-order valence-electron chi connectivity index (χ2n) is 5.29. The number of rotatable bonds is 11. The Bertz CT molecular complexity index is 479. The Morgan fingerprint density at radius 3 is 2.70 bits per heavy atom. The van der Waals surface area contributed by atoms with Crippen LogP contribution in [0.25, 0.3) is 6.08 Å². The quantitative estimate of drug-likeness (QED) is 0.354. The summed E-state index contributed by atoms with van der Waals surface area (Å²) in [7, 11) is 0. The van der Waals surface area contributed by atoms with E-state index in [2.05, 4.69) is 6.92 Å². The van der Waals surface area contributed by atoms with Crippen molar-refractivity contribution < 1.29 is 18.7 Å². The molecule has 1 aromatic heterocycles. The summed E-state index contributed by atoms with van der Waals surface area (Å²) in [6, 6.07) is 3.56. The van der Waals surface area contributed by atoms with E-state index in [4.69, 9.17) is 9.15 Å². The maximum atomic E-state index is 12.3. The Morgan fingerprint density at radius 1 is 1.22 bits per heavy atom. The van der Waals surface area contributed by atoms with Crippen LogP contribution < -0.4 is 0 Å². The summed E-state index contributed by atoms with van der Waals surface area (Å²) in [5, 5.41) is 0. The van der Waals surface area contributed by atoms with Crippen molar-refractivity contribution in [3.8, 4) is 0 Å². The summed E-state index contributed by atoms with van der Waals surface area (Å²) in [6.07, 6.45) is 9.25. The number of nitrogens with zero attached hydrogens (tertiary/aromatic N) is 1. The van der Waals surface area contributed by atoms with Gasteiger partial charge in [0, 0.05) is 19.2 Å². The van der Waals surface area contributed by atoms with Crippen molar-refractivity contribution in [1.29, 1.82) is 0 Å². The first-order valence-electron chi connectivity index (χ1n) is 8.33. The van der Waals surface area contributed by atoms with Gasteiger partial charge in [0.25, 0.3) is 0 Å². The van der Waals surface area contributed by atoms with Crippen LogP contribution in [0.3, 0.4) is 0 Å². The Balaban J connectivity index is 2.53. The van der Waals surface area contributed by atoms with E-state index in [-0.39, 0.29) is 18.3 Å². The van der Waals surface area contributed by atoms with Gasteiger partial charge in [0.1, 0.15) is 5.76 Å². The number of hydrogen-bond acceptors (Lipinski definition) is 4. The molecule has 0 aromatic carbocycles. The molecule has 1 rings (SSSR count). The zero-order valence-corrected chi connectivity index (χ0v) is 14.1. The SMILES string of the molecule is CCCCCCN(CCC(=O)OCC)C(=O)/C=C/c1ccco1. The third kappa shape index (κ3) is 8.24. The molecule has 0 saturated heterocycles. The fraction of sp³-hybridized carbons (Fsp3) is 0.556. The third-order valence-corrected chi connectivity index (χ3v) is 3.42. The number of carbonyl (C=O) groups excluding carboxylic acids is 2. The molecule has 0 aliphatic heterocycles. The lowest BCUT2D eigenvalue weighted by molar-refractivity contribution is -0.143. The second-order valence-corrected chi connectivity index (χ2v) is 5.29. The van der Waals surface area contributed by atoms with Gasteiger partial charge in [0.05, 0.1) is 19.3 Å². The van der Waals surface area contributed by atoms with Crippen molar-refractivity contribution in [3.05, 3.63) is 30.2 Å². The highest BCUT2D eigenvalue weighted by molar-refractivity contribution is 5.91. The van der Waals surface area contributed by atoms with Crippen molar-refractivity contribution in [2.24, 2.45) is 0 Å². The first-order valence-corrected chi connectivity index (χ1v) is 8.33. The molecule has 0 atom stereocenters. The molecule has 23 heavy (non-hydrogen) atoms. The molecule has 0 bridgehead atoms. The largest absolute Gasteiger partial charge is 0.466 e. The van der Waals surface area contributed by atoms with Crippen LogP contribution in [0.4, 0.5) is 0 Å². The van der Waals surface area contributed by atoms with E-state index in [0.717, 1.165) is 25.7 Å². The molecule has 0 radical (unpaired) electrons. The first kappa shape index (κ1) is 19.0. The van der Waals surface area contributed by atoms with Gasteiger partial charge in [-0.25, -0.2) is 0 Å². The molecule has 0 fully saturated rings. The van der Waals surface area contributed by atoms with E-state index < -0.39 is 0 Å². The number of unbranched alkanes of at least 4 members (excludes halogenated alkanes) is 3. The lowest BCUT2D eigenvalue weighted by atomic mass is 10.2. The highest BCUT2D eigenvalue weighted by Crippen LogP contribution is 2.06. The van der Waals surface area contributed by atoms with Gasteiger partial charge in [-0.3, -0.25) is 9.59 Å². The average molecular weight is 321 g/mol. The Kier molecular flexibility index (Phi) is 9.52. The maximum absolute atomic E-state index is 12.3. The Morgan fingerprint density at radius 2 is 2.04 bits per heavy atom. The van der Waals surface area contributed by atoms with Gasteiger partial charge in [-0.15, -0.1) is 0 Å². The van der Waals surface area contributed by atoms with Crippen LogP contribution in [0.5, 0.6) is 0 Å². The van der Waals surface area contributed by atoms with Gasteiger partial charge in [-0.05, 0) is 31.6 Å². The molecular weight excluding hydrogens is 294 g/mol. The van der Waals surface area contributed by atoms with Crippen molar-refractivity contribution in [3.63, 3.8) is 0 Å². The summed E-state index contributed by atoms with van der Waals surface area (Å²) in [4.78, 5) is 25.5. The molecule has 5 nitrogen and oxygen atoms in total. The third-order valence-electron chi connectivity index (χ3n) is 3.42. The summed E-state index contributed by atoms with van der Waals surface area (Å²) in [6.45, 7) is 5.32. The second kappa shape index (κ2) is 11.5. The van der Waals surface area contributed by atoms with Gasteiger partial charge in [-0.2, -0.15) is 0 Å². The van der Waals surface area contributed by atoms with E-state index in [1.54, 1.807) is 36.3 Å². The van der Waals surface area contributed by atoms with Crippen molar-refractivity contribution in [1.82, 2.24) is 4.90 Å². The highest BCUT2D eigenvalue weighted by Gasteiger charge is 2.13. The molecule has 0 N–H and O–H groups in total. The smallest absolute Gasteiger partial charge is 0.307 e. The van der Waals surface area contributed by atoms with Crippen molar-refractivity contribution in [2.75, 3.05) is 19.7 Å². The van der Waals surface area contributed by atoms with E-state index in [9.17, 15) is 9.59 Å². The number of hydrogen-bond donors (Lipinski definition) is 0. The Labute approximate surface area is 138 Å². The molecule has 0 aliphatic carbocycles. The van der Waals surface area contributed by atoms with Gasteiger partial charge in [-0.1, -0.05) is 26.2 Å². The number of esters is 1. The van der Waals surface area contributed by atoms with E-state index in [1.807, 2.05) is 0 Å². The maximum Gasteiger partial charge on any atom is 0.307 e. The molecular formula is C18H27NO4. The fourth-order valence-corrected chi connectivity index (χ4v) is 2.17. The monoisotopic (exact) mass is 321 g/mol. The van der Waals surface area contributed by atoms with Crippen LogP contribution in [0, 0.1) is 0 Å². The zero-order chi connectivity index (χ0) is 16.9. The molecule has 1 amide bonds. The molecule has 0 unspecified atom stereocenters. The summed E-state index contributed by atoms with van der Waals surface area (Å²) < 4.78 is 10.1. The average Bonchev–Trinajstić information content (AvgIpc) is 3.05. The van der Waals surface area contributed by atoms with Crippen LogP contribution in [-0.4, -0.2) is 36.5 Å². The Hall–Kier alpha value is -2.04. The molecule has 0 aliphatic rings. The van der Waals surface area contributed by atoms with Gasteiger partial charge >= 0.3 is 5.97 Å². The summed E-state index contributed by atoms with van der Waals surface area (Å²) in [5.74, 6) is 0.255. The van der Waals surface area contributed by atoms with Crippen molar-refractivity contribution in [2.45, 2.75) is 46.0 Å². The molecule has 0 saturated carbocycles. The van der Waals surface area contributed by atoms with Gasteiger partial charge < -0.3 is 14.1 Å². The molecule has 128 valence electrons. The van der Waals surface area contributed by atoms with E-state index >= 15 is 0 Å². The van der Waals surface area contributed by atoms with Crippen LogP contribution in [-0.2, 0) is 14.3 Å². The number of ether oxygens (including phenoxy) is 1. The minimum Gasteiger partial charge on any atom is -0.466 e. The fourth-order valence-electron chi connectivity index (χ4n) is 2.17. The normalized spacial score (nSPS) is 10.9. The number of furan rings is 1. The van der Waals surface area contributed by atoms with Gasteiger partial charge in [0.2, 0.25) is 5.91 Å². The number of amides is 1. The summed E-state index contributed by atoms with van der Waals surface area (Å²) in [5.41, 5.74) is 0. The van der Waals surface area contributed by atoms with Crippen LogP contribution in [0.2, 0.25) is 0 Å². The predicted octanol–water partition coefficient (Wildman–Crippen LogP) is 3.65. The molecule has 1 heterocycles. The lowest BCUT2D eigenvalue weighted by Crippen LogP contribution is -2.33. The standard InChI is InChI=1S/C18H27NO4/c1-3-5-6-7-13-19(14-12-18(21)22-4-2)17(20)11-10-16-9-8-15-23-16/h8-11,15H,3-7,12-14H2,1-2H3/b11-10+. The van der Waals surface area contributed by atoms with E-state index in [1.165, 1.54) is 6.08 Å². The van der Waals surface area contributed by atoms with Crippen LogP contribution in [0.15, 0.2) is 28.9 Å². The minimum absolute atomic E-state index is 0.109. The molecule has 1 aromatic rings. The van der Waals surface area contributed by atoms with Crippen LogP contribution in [0.1, 0.15) is 51.7 Å². The highest BCUT2D eigenvalue weighted by atomic mass is 16.5. The molecule has 0 spiro atoms. The van der Waals surface area contributed by atoms with E-state index in [0.29, 0.717) is 25.5 Å². The minimum atomic E-state index is -0.270. The molecule has 5 heteroatoms.